The van der Waals surface area contributed by atoms with Gasteiger partial charge in [-0.3, -0.25) is 0 Å². The molecule has 1 aliphatic rings. The minimum atomic E-state index is -0.185. The topological polar surface area (TPSA) is 26.0 Å². The van der Waals surface area contributed by atoms with Crippen molar-refractivity contribution in [1.29, 1.82) is 0 Å². The predicted octanol–water partition coefficient (Wildman–Crippen LogP) is 4.04. The SMILES string of the molecule is CCC1CCC(C(N)c2ccc(F)cc2)CC1. The van der Waals surface area contributed by atoms with E-state index < -0.39 is 0 Å². The molecule has 1 atom stereocenters. The summed E-state index contributed by atoms with van der Waals surface area (Å²) in [4.78, 5) is 0. The van der Waals surface area contributed by atoms with Crippen molar-refractivity contribution in [2.45, 2.75) is 45.1 Å². The summed E-state index contributed by atoms with van der Waals surface area (Å²) in [6, 6.07) is 6.74. The monoisotopic (exact) mass is 235 g/mol. The lowest BCUT2D eigenvalue weighted by Gasteiger charge is -2.31. The molecule has 1 aliphatic carbocycles. The van der Waals surface area contributed by atoms with E-state index in [1.807, 2.05) is 12.1 Å². The number of hydrogen-bond donors (Lipinski definition) is 1. The maximum atomic E-state index is 12.8. The molecule has 1 nitrogen and oxygen atoms in total. The Morgan fingerprint density at radius 1 is 1.18 bits per heavy atom. The highest BCUT2D eigenvalue weighted by atomic mass is 19.1. The molecule has 0 radical (unpaired) electrons. The summed E-state index contributed by atoms with van der Waals surface area (Å²) >= 11 is 0. The molecule has 0 heterocycles. The van der Waals surface area contributed by atoms with Crippen molar-refractivity contribution in [3.63, 3.8) is 0 Å². The van der Waals surface area contributed by atoms with Crippen LogP contribution in [-0.2, 0) is 0 Å². The quantitative estimate of drug-likeness (QED) is 0.840. The van der Waals surface area contributed by atoms with E-state index >= 15 is 0 Å². The maximum Gasteiger partial charge on any atom is 0.123 e. The van der Waals surface area contributed by atoms with Crippen molar-refractivity contribution in [3.05, 3.63) is 35.6 Å². The predicted molar refractivity (Wildman–Crippen MR) is 69.1 cm³/mol. The van der Waals surface area contributed by atoms with Gasteiger partial charge in [0.25, 0.3) is 0 Å². The van der Waals surface area contributed by atoms with Crippen molar-refractivity contribution < 1.29 is 4.39 Å². The molecule has 1 fully saturated rings. The fourth-order valence-electron chi connectivity index (χ4n) is 2.91. The van der Waals surface area contributed by atoms with Crippen molar-refractivity contribution in [3.8, 4) is 0 Å². The van der Waals surface area contributed by atoms with Gasteiger partial charge in [-0.25, -0.2) is 4.39 Å². The largest absolute Gasteiger partial charge is 0.324 e. The lowest BCUT2D eigenvalue weighted by molar-refractivity contribution is 0.240. The Morgan fingerprint density at radius 2 is 1.76 bits per heavy atom. The van der Waals surface area contributed by atoms with Crippen LogP contribution < -0.4 is 5.73 Å². The summed E-state index contributed by atoms with van der Waals surface area (Å²) in [5, 5.41) is 0. The van der Waals surface area contributed by atoms with Gasteiger partial charge in [-0.15, -0.1) is 0 Å². The van der Waals surface area contributed by atoms with Gasteiger partial charge in [-0.1, -0.05) is 38.3 Å². The zero-order valence-corrected chi connectivity index (χ0v) is 10.5. The van der Waals surface area contributed by atoms with Crippen LogP contribution >= 0.6 is 0 Å². The van der Waals surface area contributed by atoms with E-state index in [0.29, 0.717) is 5.92 Å². The van der Waals surface area contributed by atoms with Crippen LogP contribution in [-0.4, -0.2) is 0 Å². The molecule has 0 spiro atoms. The van der Waals surface area contributed by atoms with Crippen LogP contribution in [0.1, 0.15) is 50.6 Å². The average Bonchev–Trinajstić information content (AvgIpc) is 2.39. The molecule has 1 aromatic rings. The van der Waals surface area contributed by atoms with E-state index in [1.54, 1.807) is 0 Å². The normalized spacial score (nSPS) is 26.8. The van der Waals surface area contributed by atoms with Crippen LogP contribution in [0.4, 0.5) is 4.39 Å². The second kappa shape index (κ2) is 5.63. The first-order valence-corrected chi connectivity index (χ1v) is 6.71. The Kier molecular flexibility index (Phi) is 4.16. The minimum Gasteiger partial charge on any atom is -0.324 e. The van der Waals surface area contributed by atoms with Crippen LogP contribution in [0.2, 0.25) is 0 Å². The molecule has 1 aromatic carbocycles. The molecule has 94 valence electrons. The fraction of sp³-hybridized carbons (Fsp3) is 0.600. The van der Waals surface area contributed by atoms with E-state index in [9.17, 15) is 4.39 Å². The molecule has 1 unspecified atom stereocenters. The summed E-state index contributed by atoms with van der Waals surface area (Å²) in [5.41, 5.74) is 7.36. The molecule has 0 amide bonds. The highest BCUT2D eigenvalue weighted by Gasteiger charge is 2.25. The minimum absolute atomic E-state index is 0.0772. The Morgan fingerprint density at radius 3 is 2.29 bits per heavy atom. The Balaban J connectivity index is 1.96. The molecule has 0 aliphatic heterocycles. The maximum absolute atomic E-state index is 12.8. The van der Waals surface area contributed by atoms with Crippen LogP contribution in [0.25, 0.3) is 0 Å². The molecule has 0 saturated heterocycles. The van der Waals surface area contributed by atoms with Crippen LogP contribution in [0.5, 0.6) is 0 Å². The molecule has 17 heavy (non-hydrogen) atoms. The van der Waals surface area contributed by atoms with Gasteiger partial charge in [0.1, 0.15) is 5.82 Å². The molecule has 2 rings (SSSR count). The van der Waals surface area contributed by atoms with Gasteiger partial charge in [0.05, 0.1) is 0 Å². The van der Waals surface area contributed by atoms with Gasteiger partial charge >= 0.3 is 0 Å². The average molecular weight is 235 g/mol. The summed E-state index contributed by atoms with van der Waals surface area (Å²) in [6.45, 7) is 2.27. The highest BCUT2D eigenvalue weighted by molar-refractivity contribution is 5.20. The molecule has 2 N–H and O–H groups in total. The van der Waals surface area contributed by atoms with Gasteiger partial charge in [-0.05, 0) is 42.4 Å². The van der Waals surface area contributed by atoms with Gasteiger partial charge in [0, 0.05) is 6.04 Å². The Hall–Kier alpha value is -0.890. The van der Waals surface area contributed by atoms with Gasteiger partial charge in [0.15, 0.2) is 0 Å². The summed E-state index contributed by atoms with van der Waals surface area (Å²) in [7, 11) is 0. The lowest BCUT2D eigenvalue weighted by atomic mass is 9.76. The van der Waals surface area contributed by atoms with E-state index in [4.69, 9.17) is 5.73 Å². The van der Waals surface area contributed by atoms with Crippen molar-refractivity contribution in [2.24, 2.45) is 17.6 Å². The van der Waals surface area contributed by atoms with Gasteiger partial charge in [-0.2, -0.15) is 0 Å². The highest BCUT2D eigenvalue weighted by Crippen LogP contribution is 2.36. The summed E-state index contributed by atoms with van der Waals surface area (Å²) in [6.07, 6.45) is 6.33. The molecule has 0 bridgehead atoms. The molecular formula is C15H22FN. The van der Waals surface area contributed by atoms with E-state index in [-0.39, 0.29) is 11.9 Å². The third-order valence-electron chi connectivity index (χ3n) is 4.23. The zero-order chi connectivity index (χ0) is 12.3. The zero-order valence-electron chi connectivity index (χ0n) is 10.5. The summed E-state index contributed by atoms with van der Waals surface area (Å²) < 4.78 is 12.8. The molecule has 2 heteroatoms. The number of benzene rings is 1. The second-order valence-electron chi connectivity index (χ2n) is 5.27. The number of rotatable bonds is 3. The molecule has 1 saturated carbocycles. The van der Waals surface area contributed by atoms with Crippen molar-refractivity contribution in [1.82, 2.24) is 0 Å². The van der Waals surface area contributed by atoms with Crippen molar-refractivity contribution >= 4 is 0 Å². The van der Waals surface area contributed by atoms with Crippen LogP contribution in [0, 0.1) is 17.7 Å². The number of halogens is 1. The van der Waals surface area contributed by atoms with Crippen LogP contribution in [0.3, 0.4) is 0 Å². The van der Waals surface area contributed by atoms with E-state index in [2.05, 4.69) is 6.92 Å². The standard InChI is InChI=1S/C15H22FN/c1-2-11-3-5-12(6-4-11)15(17)13-7-9-14(16)10-8-13/h7-12,15H,2-6,17H2,1H3. The first-order valence-electron chi connectivity index (χ1n) is 6.71. The number of nitrogens with two attached hydrogens (primary N) is 1. The van der Waals surface area contributed by atoms with Gasteiger partial charge < -0.3 is 5.73 Å². The van der Waals surface area contributed by atoms with Crippen molar-refractivity contribution in [2.75, 3.05) is 0 Å². The molecular weight excluding hydrogens is 213 g/mol. The Labute approximate surface area is 103 Å². The second-order valence-corrected chi connectivity index (χ2v) is 5.27. The van der Waals surface area contributed by atoms with E-state index in [1.165, 1.54) is 44.2 Å². The molecule has 0 aromatic heterocycles. The smallest absolute Gasteiger partial charge is 0.123 e. The first kappa shape index (κ1) is 12.6. The number of hydrogen-bond acceptors (Lipinski definition) is 1. The van der Waals surface area contributed by atoms with Crippen LogP contribution in [0.15, 0.2) is 24.3 Å². The van der Waals surface area contributed by atoms with E-state index in [0.717, 1.165) is 11.5 Å². The first-order chi connectivity index (χ1) is 8.20. The fourth-order valence-corrected chi connectivity index (χ4v) is 2.91. The third kappa shape index (κ3) is 3.06. The third-order valence-corrected chi connectivity index (χ3v) is 4.23. The lowest BCUT2D eigenvalue weighted by Crippen LogP contribution is -2.25. The van der Waals surface area contributed by atoms with Gasteiger partial charge in [0.2, 0.25) is 0 Å². The Bertz CT molecular complexity index is 338. The summed E-state index contributed by atoms with van der Waals surface area (Å²) in [5.74, 6) is 1.28.